The van der Waals surface area contributed by atoms with Crippen molar-refractivity contribution in [2.24, 2.45) is 7.05 Å². The Labute approximate surface area is 213 Å². The number of rotatable bonds is 6. The molecule has 4 aromatic heterocycles. The molecule has 8 nitrogen and oxygen atoms in total. The van der Waals surface area contributed by atoms with E-state index in [1.165, 1.54) is 53.4 Å². The highest BCUT2D eigenvalue weighted by Crippen LogP contribution is 2.30. The van der Waals surface area contributed by atoms with Crippen LogP contribution in [0.25, 0.3) is 27.9 Å². The second-order valence-corrected chi connectivity index (χ2v) is 8.76. The molecule has 188 valence electrons. The van der Waals surface area contributed by atoms with Crippen molar-refractivity contribution in [3.63, 3.8) is 0 Å². The molecule has 6 aromatic rings. The minimum absolute atomic E-state index is 0.0107. The summed E-state index contributed by atoms with van der Waals surface area (Å²) >= 11 is 0. The van der Waals surface area contributed by atoms with Crippen molar-refractivity contribution < 1.29 is 18.3 Å². The zero-order valence-corrected chi connectivity index (χ0v) is 20.0. The Morgan fingerprint density at radius 2 is 1.82 bits per heavy atom. The molecule has 0 bridgehead atoms. The molecule has 0 saturated heterocycles. The number of ether oxygens (including phenoxy) is 1. The number of Topliss-reactive ketones (excluding diaryl/α,β-unsaturated/α-hetero) is 1. The van der Waals surface area contributed by atoms with Gasteiger partial charge in [-0.2, -0.15) is 0 Å². The number of carbonyl (C=O) groups excluding carboxylic acids is 1. The van der Waals surface area contributed by atoms with Gasteiger partial charge in [-0.15, -0.1) is 0 Å². The summed E-state index contributed by atoms with van der Waals surface area (Å²) in [5, 5.41) is 0.702. The van der Waals surface area contributed by atoms with Gasteiger partial charge >= 0.3 is 0 Å². The Bertz CT molecular complexity index is 1900. The fourth-order valence-corrected chi connectivity index (χ4v) is 4.42. The molecular formula is C28H19F2N5O3. The van der Waals surface area contributed by atoms with E-state index < -0.39 is 23.0 Å². The molecule has 2 aromatic carbocycles. The van der Waals surface area contributed by atoms with E-state index in [0.717, 1.165) is 0 Å². The lowest BCUT2D eigenvalue weighted by Crippen LogP contribution is -2.27. The number of hydrogen-bond acceptors (Lipinski definition) is 5. The van der Waals surface area contributed by atoms with Crippen LogP contribution >= 0.6 is 0 Å². The van der Waals surface area contributed by atoms with E-state index >= 15 is 0 Å². The maximum atomic E-state index is 15.0. The number of halogens is 2. The van der Waals surface area contributed by atoms with E-state index in [1.807, 2.05) is 0 Å². The lowest BCUT2D eigenvalue weighted by Gasteiger charge is -2.12. The first-order valence-corrected chi connectivity index (χ1v) is 11.6. The summed E-state index contributed by atoms with van der Waals surface area (Å²) < 4.78 is 37.2. The molecule has 1 N–H and O–H groups in total. The van der Waals surface area contributed by atoms with Gasteiger partial charge in [0, 0.05) is 25.9 Å². The number of carbonyl (C=O) groups is 1. The number of aromatic amines is 1. The van der Waals surface area contributed by atoms with Crippen LogP contribution in [0, 0.1) is 11.6 Å². The molecule has 0 unspecified atom stereocenters. The van der Waals surface area contributed by atoms with Gasteiger partial charge in [0.2, 0.25) is 0 Å². The first-order valence-electron chi connectivity index (χ1n) is 11.6. The minimum Gasteiger partial charge on any atom is -0.453 e. The van der Waals surface area contributed by atoms with Crippen LogP contribution in [0.15, 0.2) is 84.2 Å². The van der Waals surface area contributed by atoms with Gasteiger partial charge in [-0.1, -0.05) is 6.07 Å². The van der Waals surface area contributed by atoms with Gasteiger partial charge in [0.1, 0.15) is 28.4 Å². The molecule has 0 amide bonds. The number of nitrogens with one attached hydrogen (secondary N) is 1. The third-order valence-corrected chi connectivity index (χ3v) is 6.25. The lowest BCUT2D eigenvalue weighted by atomic mass is 10.0. The SMILES string of the molecule is Cn1cnc2cc(C(=O)Cc3ccc(Oc4ccnc5[nH]ccc45)c(F)c3)c(=O)n(-c3ccc(F)cc3)c21. The molecule has 0 spiro atoms. The third-order valence-electron chi connectivity index (χ3n) is 6.25. The van der Waals surface area contributed by atoms with Crippen LogP contribution in [0.3, 0.4) is 0 Å². The van der Waals surface area contributed by atoms with Gasteiger partial charge in [0.15, 0.2) is 17.3 Å². The molecular weight excluding hydrogens is 492 g/mol. The number of aromatic nitrogens is 5. The van der Waals surface area contributed by atoms with Crippen molar-refractivity contribution in [2.45, 2.75) is 6.42 Å². The molecule has 0 aliphatic heterocycles. The molecule has 38 heavy (non-hydrogen) atoms. The number of ketones is 1. The number of fused-ring (bicyclic) bond motifs is 2. The summed E-state index contributed by atoms with van der Waals surface area (Å²) in [7, 11) is 1.72. The Hall–Kier alpha value is -5.12. The quantitative estimate of drug-likeness (QED) is 0.314. The van der Waals surface area contributed by atoms with Crippen LogP contribution in [0.2, 0.25) is 0 Å². The van der Waals surface area contributed by atoms with E-state index in [-0.39, 0.29) is 17.7 Å². The van der Waals surface area contributed by atoms with Gasteiger partial charge < -0.3 is 14.3 Å². The number of aryl methyl sites for hydroxylation is 1. The standard InChI is InChI=1S/C28H19F2N5O3/c1-34-15-33-22-14-20(28(37)35(27(22)34)18-5-3-17(29)4-6-18)23(36)13-16-2-7-25(21(30)12-16)38-24-9-11-32-26-19(24)8-10-31-26/h2-12,14-15H,13H2,1H3,(H,31,32). The molecule has 10 heteroatoms. The Morgan fingerprint density at radius 3 is 2.61 bits per heavy atom. The highest BCUT2D eigenvalue weighted by molar-refractivity contribution is 5.99. The minimum atomic E-state index is -0.653. The first-order chi connectivity index (χ1) is 18.4. The van der Waals surface area contributed by atoms with Crippen LogP contribution < -0.4 is 10.3 Å². The van der Waals surface area contributed by atoms with E-state index in [1.54, 1.807) is 42.2 Å². The largest absolute Gasteiger partial charge is 0.453 e. The fraction of sp³-hybridized carbons (Fsp3) is 0.0714. The third kappa shape index (κ3) is 4.01. The first kappa shape index (κ1) is 23.3. The Morgan fingerprint density at radius 1 is 1.00 bits per heavy atom. The Kier molecular flexibility index (Phi) is 5.56. The molecule has 0 aliphatic carbocycles. The maximum Gasteiger partial charge on any atom is 0.267 e. The van der Waals surface area contributed by atoms with Crippen LogP contribution in [0.4, 0.5) is 8.78 Å². The van der Waals surface area contributed by atoms with Crippen molar-refractivity contribution >= 4 is 28.0 Å². The number of nitrogens with zero attached hydrogens (tertiary/aromatic N) is 4. The van der Waals surface area contributed by atoms with E-state index in [9.17, 15) is 18.4 Å². The van der Waals surface area contributed by atoms with Crippen LogP contribution in [-0.4, -0.2) is 29.9 Å². The summed E-state index contributed by atoms with van der Waals surface area (Å²) in [4.78, 5) is 38.2. The zero-order chi connectivity index (χ0) is 26.4. The molecule has 0 fully saturated rings. The predicted octanol–water partition coefficient (Wildman–Crippen LogP) is 5.10. The van der Waals surface area contributed by atoms with Crippen molar-refractivity contribution in [3.8, 4) is 17.2 Å². The van der Waals surface area contributed by atoms with E-state index in [2.05, 4.69) is 15.0 Å². The average Bonchev–Trinajstić information content (AvgIpc) is 3.53. The highest BCUT2D eigenvalue weighted by Gasteiger charge is 2.20. The lowest BCUT2D eigenvalue weighted by molar-refractivity contribution is 0.0991. The van der Waals surface area contributed by atoms with Crippen molar-refractivity contribution in [1.82, 2.24) is 24.1 Å². The molecule has 4 heterocycles. The topological polar surface area (TPSA) is 94.8 Å². The second-order valence-electron chi connectivity index (χ2n) is 8.76. The van der Waals surface area contributed by atoms with Gasteiger partial charge in [0.05, 0.1) is 23.0 Å². The predicted molar refractivity (Wildman–Crippen MR) is 137 cm³/mol. The molecule has 6 rings (SSSR count). The summed E-state index contributed by atoms with van der Waals surface area (Å²) in [5.74, 6) is -1.19. The number of imidazole rings is 1. The van der Waals surface area contributed by atoms with Gasteiger partial charge in [0.25, 0.3) is 5.56 Å². The molecule has 0 aliphatic rings. The number of hydrogen-bond donors (Lipinski definition) is 1. The zero-order valence-electron chi connectivity index (χ0n) is 20.0. The van der Waals surface area contributed by atoms with Crippen molar-refractivity contribution in [3.05, 3.63) is 112 Å². The second kappa shape index (κ2) is 9.07. The van der Waals surface area contributed by atoms with Crippen LogP contribution in [-0.2, 0) is 13.5 Å². The smallest absolute Gasteiger partial charge is 0.267 e. The summed E-state index contributed by atoms with van der Waals surface area (Å²) in [6.07, 6.45) is 4.57. The number of benzene rings is 2. The average molecular weight is 511 g/mol. The molecule has 0 saturated carbocycles. The summed E-state index contributed by atoms with van der Waals surface area (Å²) in [6.45, 7) is 0. The monoisotopic (exact) mass is 511 g/mol. The van der Waals surface area contributed by atoms with Crippen LogP contribution in [0.5, 0.6) is 11.5 Å². The van der Waals surface area contributed by atoms with Crippen molar-refractivity contribution in [1.29, 1.82) is 0 Å². The van der Waals surface area contributed by atoms with Gasteiger partial charge in [-0.25, -0.2) is 18.7 Å². The summed E-state index contributed by atoms with van der Waals surface area (Å²) in [6, 6.07) is 14.4. The fourth-order valence-electron chi connectivity index (χ4n) is 4.42. The Balaban J connectivity index is 1.32. The van der Waals surface area contributed by atoms with Gasteiger partial charge in [-0.3, -0.25) is 14.2 Å². The highest BCUT2D eigenvalue weighted by atomic mass is 19.1. The van der Waals surface area contributed by atoms with E-state index in [4.69, 9.17) is 4.74 Å². The van der Waals surface area contributed by atoms with Crippen LogP contribution in [0.1, 0.15) is 15.9 Å². The maximum absolute atomic E-state index is 15.0. The summed E-state index contributed by atoms with van der Waals surface area (Å²) in [5.41, 5.74) is 1.57. The molecule has 0 radical (unpaired) electrons. The van der Waals surface area contributed by atoms with E-state index in [0.29, 0.717) is 39.2 Å². The number of pyridine rings is 2. The molecule has 0 atom stereocenters. The normalized spacial score (nSPS) is 11.3. The number of H-pyrrole nitrogens is 1. The van der Waals surface area contributed by atoms with Crippen molar-refractivity contribution in [2.75, 3.05) is 0 Å². The van der Waals surface area contributed by atoms with Gasteiger partial charge in [-0.05, 0) is 60.2 Å².